The van der Waals surface area contributed by atoms with Gasteiger partial charge < -0.3 is 9.15 Å². The average molecular weight is 433 g/mol. The Balaban J connectivity index is 1.72. The molecule has 0 aliphatic carbocycles. The second-order valence-electron chi connectivity index (χ2n) is 5.81. The number of aromatic nitrogens is 2. The summed E-state index contributed by atoms with van der Waals surface area (Å²) in [6, 6.07) is 5.72. The third-order valence-electron chi connectivity index (χ3n) is 4.24. The second-order valence-corrected chi connectivity index (χ2v) is 8.55. The first-order valence-corrected chi connectivity index (χ1v) is 11.2. The van der Waals surface area contributed by atoms with Crippen LogP contribution in [0.1, 0.15) is 23.0 Å². The van der Waals surface area contributed by atoms with E-state index >= 15 is 0 Å². The summed E-state index contributed by atoms with van der Waals surface area (Å²) in [5, 5.41) is 5.28. The highest BCUT2D eigenvalue weighted by Crippen LogP contribution is 2.35. The summed E-state index contributed by atoms with van der Waals surface area (Å²) >= 11 is 4.48. The Labute approximate surface area is 172 Å². The molecule has 0 spiro atoms. The summed E-state index contributed by atoms with van der Waals surface area (Å²) in [5.74, 6) is 0.107. The van der Waals surface area contributed by atoms with Crippen molar-refractivity contribution in [3.8, 4) is 10.4 Å². The highest BCUT2D eigenvalue weighted by atomic mass is 32.2. The lowest BCUT2D eigenvalue weighted by Crippen LogP contribution is -2.22. The first-order chi connectivity index (χ1) is 13.6. The van der Waals surface area contributed by atoms with Gasteiger partial charge in [-0.25, -0.2) is 9.78 Å². The fourth-order valence-corrected chi connectivity index (χ4v) is 5.72. The fraction of sp³-hybridized carbons (Fsp3) is 0.211. The number of fused-ring (bicyclic) bond motifs is 1. The minimum absolute atomic E-state index is 0.0416. The van der Waals surface area contributed by atoms with E-state index in [0.717, 1.165) is 15.3 Å². The van der Waals surface area contributed by atoms with Crippen molar-refractivity contribution in [3.63, 3.8) is 0 Å². The van der Waals surface area contributed by atoms with E-state index in [-0.39, 0.29) is 11.3 Å². The summed E-state index contributed by atoms with van der Waals surface area (Å²) < 4.78 is 11.6. The monoisotopic (exact) mass is 432 g/mol. The number of hydrogen-bond donors (Lipinski definition) is 0. The molecule has 6 nitrogen and oxygen atoms in total. The van der Waals surface area contributed by atoms with Gasteiger partial charge in [0.15, 0.2) is 5.16 Å². The van der Waals surface area contributed by atoms with Crippen LogP contribution < -0.4 is 5.56 Å². The van der Waals surface area contributed by atoms with Crippen LogP contribution in [0.3, 0.4) is 0 Å². The minimum Gasteiger partial charge on any atom is -0.463 e. The molecule has 0 unspecified atom stereocenters. The molecule has 4 rings (SSSR count). The molecule has 0 aliphatic rings. The lowest BCUT2D eigenvalue weighted by Gasteiger charge is -2.10. The normalized spacial score (nSPS) is 11.2. The smallest absolute Gasteiger partial charge is 0.374 e. The summed E-state index contributed by atoms with van der Waals surface area (Å²) in [7, 11) is 1.31. The van der Waals surface area contributed by atoms with Gasteiger partial charge in [-0.2, -0.15) is 0 Å². The van der Waals surface area contributed by atoms with Gasteiger partial charge in [0, 0.05) is 33.7 Å². The van der Waals surface area contributed by atoms with Crippen LogP contribution in [0.4, 0.5) is 0 Å². The third kappa shape index (κ3) is 3.30. The Hall–Kier alpha value is -2.36. The molecule has 0 aromatic carbocycles. The fourth-order valence-electron chi connectivity index (χ4n) is 2.87. The number of furan rings is 1. The summed E-state index contributed by atoms with van der Waals surface area (Å²) in [4.78, 5) is 31.5. The topological polar surface area (TPSA) is 74.3 Å². The number of nitrogens with zero attached hydrogens (tertiary/aromatic N) is 2. The Morgan fingerprint density at radius 3 is 2.93 bits per heavy atom. The van der Waals surface area contributed by atoms with Crippen LogP contribution in [-0.2, 0) is 17.0 Å². The molecule has 28 heavy (non-hydrogen) atoms. The van der Waals surface area contributed by atoms with Gasteiger partial charge in [-0.05, 0) is 24.4 Å². The number of esters is 1. The zero-order valence-electron chi connectivity index (χ0n) is 15.1. The maximum Gasteiger partial charge on any atom is 0.374 e. The first-order valence-electron chi connectivity index (χ1n) is 8.47. The number of rotatable bonds is 6. The molecule has 144 valence electrons. The minimum atomic E-state index is -0.518. The molecule has 4 heterocycles. The first kappa shape index (κ1) is 19.0. The maximum atomic E-state index is 13.2. The molecule has 0 N–H and O–H groups in total. The molecule has 4 aromatic rings. The lowest BCUT2D eigenvalue weighted by molar-refractivity contribution is 0.0564. The van der Waals surface area contributed by atoms with Gasteiger partial charge in [0.05, 0.1) is 18.8 Å². The summed E-state index contributed by atoms with van der Waals surface area (Å²) in [6.07, 6.45) is 1.46. The van der Waals surface area contributed by atoms with Crippen molar-refractivity contribution in [2.45, 2.75) is 24.4 Å². The van der Waals surface area contributed by atoms with Crippen molar-refractivity contribution in [2.75, 3.05) is 7.11 Å². The van der Waals surface area contributed by atoms with E-state index < -0.39 is 5.97 Å². The quantitative estimate of drug-likeness (QED) is 0.246. The van der Waals surface area contributed by atoms with Crippen LogP contribution in [-0.4, -0.2) is 22.6 Å². The molecule has 4 aromatic heterocycles. The van der Waals surface area contributed by atoms with E-state index in [9.17, 15) is 9.59 Å². The number of hydrogen-bond acceptors (Lipinski definition) is 8. The molecule has 0 saturated carbocycles. The molecule has 0 fully saturated rings. The third-order valence-corrected chi connectivity index (χ3v) is 7.04. The van der Waals surface area contributed by atoms with Gasteiger partial charge in [-0.15, -0.1) is 22.7 Å². The predicted octanol–water partition coefficient (Wildman–Crippen LogP) is 4.88. The van der Waals surface area contributed by atoms with Crippen molar-refractivity contribution >= 4 is 50.6 Å². The van der Waals surface area contributed by atoms with Gasteiger partial charge in [-0.1, -0.05) is 17.8 Å². The van der Waals surface area contributed by atoms with E-state index in [1.54, 1.807) is 22.0 Å². The van der Waals surface area contributed by atoms with Gasteiger partial charge >= 0.3 is 5.97 Å². The molecule has 0 atom stereocenters. The van der Waals surface area contributed by atoms with Crippen LogP contribution in [0.15, 0.2) is 49.6 Å². The van der Waals surface area contributed by atoms with Crippen molar-refractivity contribution in [1.29, 1.82) is 0 Å². The van der Waals surface area contributed by atoms with Gasteiger partial charge in [-0.3, -0.25) is 9.36 Å². The maximum absolute atomic E-state index is 13.2. The number of thiophene rings is 2. The molecule has 0 radical (unpaired) electrons. The number of thioether (sulfide) groups is 1. The summed E-state index contributed by atoms with van der Waals surface area (Å²) in [6.45, 7) is 2.44. The lowest BCUT2D eigenvalue weighted by atomic mass is 10.2. The highest BCUT2D eigenvalue weighted by molar-refractivity contribution is 7.98. The van der Waals surface area contributed by atoms with E-state index in [2.05, 4.69) is 0 Å². The van der Waals surface area contributed by atoms with Crippen molar-refractivity contribution < 1.29 is 13.9 Å². The molecular formula is C19H16N2O4S3. The van der Waals surface area contributed by atoms with Crippen LogP contribution in [0.25, 0.3) is 20.7 Å². The Morgan fingerprint density at radius 1 is 1.36 bits per heavy atom. The van der Waals surface area contributed by atoms with Crippen molar-refractivity contribution in [3.05, 3.63) is 56.9 Å². The standard InChI is InChI=1S/C19H16N2O4S3/c1-3-21-17(22)14-12(13-5-4-8-26-13)10-27-16(14)20-19(21)28-9-11-6-7-25-15(11)18(23)24-2/h4-8,10H,3,9H2,1-2H3. The zero-order chi connectivity index (χ0) is 19.7. The van der Waals surface area contributed by atoms with Crippen LogP contribution in [0.5, 0.6) is 0 Å². The number of ether oxygens (including phenoxy) is 1. The van der Waals surface area contributed by atoms with E-state index in [1.807, 2.05) is 29.8 Å². The molecule has 0 aliphatic heterocycles. The van der Waals surface area contributed by atoms with Crippen LogP contribution in [0.2, 0.25) is 0 Å². The van der Waals surface area contributed by atoms with Gasteiger partial charge in [0.1, 0.15) is 4.83 Å². The van der Waals surface area contributed by atoms with Gasteiger partial charge in [0.2, 0.25) is 5.76 Å². The van der Waals surface area contributed by atoms with Gasteiger partial charge in [0.25, 0.3) is 5.56 Å². The van der Waals surface area contributed by atoms with E-state index in [1.165, 1.54) is 36.5 Å². The summed E-state index contributed by atoms with van der Waals surface area (Å²) in [5.41, 5.74) is 1.61. The van der Waals surface area contributed by atoms with E-state index in [4.69, 9.17) is 14.1 Å². The molecule has 0 amide bonds. The Morgan fingerprint density at radius 2 is 2.21 bits per heavy atom. The largest absolute Gasteiger partial charge is 0.463 e. The van der Waals surface area contributed by atoms with Crippen molar-refractivity contribution in [2.24, 2.45) is 0 Å². The molecule has 0 saturated heterocycles. The SMILES string of the molecule is CCn1c(SCc2ccoc2C(=O)OC)nc2scc(-c3cccs3)c2c1=O. The van der Waals surface area contributed by atoms with Crippen LogP contribution in [0, 0.1) is 0 Å². The number of methoxy groups -OCH3 is 1. The molecule has 0 bridgehead atoms. The van der Waals surface area contributed by atoms with Crippen molar-refractivity contribution in [1.82, 2.24) is 9.55 Å². The molecular weight excluding hydrogens is 416 g/mol. The number of carbonyl (C=O) groups is 1. The average Bonchev–Trinajstić information content (AvgIpc) is 3.45. The van der Waals surface area contributed by atoms with E-state index in [0.29, 0.717) is 28.4 Å². The second kappa shape index (κ2) is 7.94. The highest BCUT2D eigenvalue weighted by Gasteiger charge is 2.19. The zero-order valence-corrected chi connectivity index (χ0v) is 17.6. The van der Waals surface area contributed by atoms with Crippen LogP contribution >= 0.6 is 34.4 Å². The molecule has 9 heteroatoms. The predicted molar refractivity (Wildman–Crippen MR) is 112 cm³/mol. The number of carbonyl (C=O) groups excluding carboxylic acids is 1. The Bertz CT molecular complexity index is 1190. The Kier molecular flexibility index (Phi) is 5.38.